The fourth-order valence-electron chi connectivity index (χ4n) is 6.83. The second-order valence-corrected chi connectivity index (χ2v) is 20.7. The minimum absolute atomic E-state index is 0.0188. The summed E-state index contributed by atoms with van der Waals surface area (Å²) in [5.74, 6) is -2.51. The topological polar surface area (TPSA) is 165 Å². The van der Waals surface area contributed by atoms with E-state index in [4.69, 9.17) is 28.0 Å². The summed E-state index contributed by atoms with van der Waals surface area (Å²) in [6.45, 7) is 16.6. The van der Waals surface area contributed by atoms with Crippen molar-refractivity contribution in [2.75, 3.05) is 6.16 Å². The molecule has 2 amide bonds. The summed E-state index contributed by atoms with van der Waals surface area (Å²) in [7, 11) is -1.93. The van der Waals surface area contributed by atoms with E-state index >= 15 is 4.79 Å². The highest BCUT2D eigenvalue weighted by atomic mass is 31.1. The zero-order valence-corrected chi connectivity index (χ0v) is 41.0. The second kappa shape index (κ2) is 24.6. The SMILES string of the molecule is CCC(=O)OC(OP(C[C@@H](Cc1cc(-c2ccccc2)no1)C(=O)NC(Cc1ccc(OC(C)(C)C)cc1)C(=O)OC(C)(C)C)[C@H](Cc1ccccc1)NC(=O)OCc1ccccc1)C(C)C. The molecule has 5 aromatic rings. The number of carbonyl (C=O) groups is 4. The third kappa shape index (κ3) is 17.9. The molecule has 0 aliphatic carbocycles. The Morgan fingerprint density at radius 3 is 1.90 bits per heavy atom. The lowest BCUT2D eigenvalue weighted by atomic mass is 10.0. The molecule has 358 valence electrons. The fourth-order valence-corrected chi connectivity index (χ4v) is 9.26. The van der Waals surface area contributed by atoms with Crippen LogP contribution in [0, 0.1) is 11.8 Å². The number of ether oxygens (including phenoxy) is 4. The van der Waals surface area contributed by atoms with Crippen LogP contribution in [0.5, 0.6) is 5.75 Å². The van der Waals surface area contributed by atoms with Gasteiger partial charge < -0.3 is 38.6 Å². The average molecular weight is 936 g/mol. The Labute approximate surface area is 396 Å². The van der Waals surface area contributed by atoms with Crippen molar-refractivity contribution < 1.29 is 47.2 Å². The molecule has 1 aromatic heterocycles. The van der Waals surface area contributed by atoms with Crippen LogP contribution < -0.4 is 15.4 Å². The van der Waals surface area contributed by atoms with E-state index in [0.717, 1.165) is 22.3 Å². The fraction of sp³-hybridized carbons (Fsp3) is 0.415. The quantitative estimate of drug-likeness (QED) is 0.0294. The highest BCUT2D eigenvalue weighted by molar-refractivity contribution is 7.53. The number of esters is 2. The standard InChI is InChI=1S/C53H66N3O10P/c1-10-47(57)62-50(36(2)3)66-67(46(31-37-20-14-11-15-21-37)55-51(60)61-34-39-22-16-12-17-23-39)35-41(32-43-33-44(56-65-43)40-24-18-13-19-25-40)48(58)54-45(49(59)64-53(7,8)9)30-38-26-28-42(29-27-38)63-52(4,5)6/h11-29,33,36,41,45-46,50H,10,30-32,34-35H2,1-9H3,(H,54,58)(H,55,60)/t41-,45?,46-,50?,67?/m1/s1. The van der Waals surface area contributed by atoms with Gasteiger partial charge >= 0.3 is 18.0 Å². The van der Waals surface area contributed by atoms with Crippen molar-refractivity contribution in [1.82, 2.24) is 15.8 Å². The van der Waals surface area contributed by atoms with E-state index in [1.807, 2.05) is 150 Å². The lowest BCUT2D eigenvalue weighted by Gasteiger charge is -2.34. The normalized spacial score (nSPS) is 13.9. The zero-order valence-electron chi connectivity index (χ0n) is 40.2. The van der Waals surface area contributed by atoms with Crippen LogP contribution in [0.4, 0.5) is 4.79 Å². The Hall–Kier alpha value is -6.04. The van der Waals surface area contributed by atoms with E-state index in [-0.39, 0.29) is 44.4 Å². The molecule has 0 radical (unpaired) electrons. The van der Waals surface area contributed by atoms with Crippen LogP contribution in [0.2, 0.25) is 0 Å². The number of rotatable bonds is 22. The Morgan fingerprint density at radius 1 is 0.716 bits per heavy atom. The van der Waals surface area contributed by atoms with Gasteiger partial charge in [-0.3, -0.25) is 9.59 Å². The summed E-state index contributed by atoms with van der Waals surface area (Å²) >= 11 is 0. The third-order valence-corrected chi connectivity index (χ3v) is 12.4. The Kier molecular flexibility index (Phi) is 19.1. The van der Waals surface area contributed by atoms with Crippen molar-refractivity contribution in [3.63, 3.8) is 0 Å². The summed E-state index contributed by atoms with van der Waals surface area (Å²) in [5, 5.41) is 10.4. The summed E-state index contributed by atoms with van der Waals surface area (Å²) < 4.78 is 36.3. The van der Waals surface area contributed by atoms with Crippen LogP contribution in [0.25, 0.3) is 11.3 Å². The van der Waals surface area contributed by atoms with Gasteiger partial charge in [0.15, 0.2) is 0 Å². The Morgan fingerprint density at radius 2 is 1.31 bits per heavy atom. The van der Waals surface area contributed by atoms with E-state index in [1.54, 1.807) is 33.8 Å². The number of carbonyl (C=O) groups excluding carboxylic acids is 4. The van der Waals surface area contributed by atoms with Crippen LogP contribution in [0.1, 0.15) is 91.2 Å². The maximum absolute atomic E-state index is 15.1. The van der Waals surface area contributed by atoms with Gasteiger partial charge in [-0.15, -0.1) is 0 Å². The van der Waals surface area contributed by atoms with Gasteiger partial charge in [-0.25, -0.2) is 9.59 Å². The van der Waals surface area contributed by atoms with E-state index in [1.165, 1.54) is 0 Å². The van der Waals surface area contributed by atoms with Crippen LogP contribution in [-0.4, -0.2) is 64.6 Å². The van der Waals surface area contributed by atoms with E-state index < -0.39 is 67.3 Å². The molecule has 0 spiro atoms. The molecule has 5 atom stereocenters. The number of nitrogens with one attached hydrogen (secondary N) is 2. The maximum Gasteiger partial charge on any atom is 0.408 e. The number of nitrogens with zero attached hydrogens (tertiary/aromatic N) is 1. The molecule has 14 heteroatoms. The minimum atomic E-state index is -1.93. The molecule has 0 bridgehead atoms. The van der Waals surface area contributed by atoms with Gasteiger partial charge in [0.05, 0.1) is 19.8 Å². The minimum Gasteiger partial charge on any atom is -0.488 e. The maximum atomic E-state index is 15.1. The van der Waals surface area contributed by atoms with E-state index in [9.17, 15) is 14.4 Å². The first-order valence-electron chi connectivity index (χ1n) is 22.8. The first-order valence-corrected chi connectivity index (χ1v) is 24.3. The molecule has 2 N–H and O–H groups in total. The largest absolute Gasteiger partial charge is 0.488 e. The lowest BCUT2D eigenvalue weighted by molar-refractivity contribution is -0.168. The summed E-state index contributed by atoms with van der Waals surface area (Å²) in [6, 6.07) is 36.5. The predicted octanol–water partition coefficient (Wildman–Crippen LogP) is 10.6. The predicted molar refractivity (Wildman–Crippen MR) is 259 cm³/mol. The molecular weight excluding hydrogens is 870 g/mol. The molecule has 0 aliphatic rings. The number of benzene rings is 4. The third-order valence-electron chi connectivity index (χ3n) is 10.1. The summed E-state index contributed by atoms with van der Waals surface area (Å²) in [6.07, 6.45) is -1.16. The Bertz CT molecular complexity index is 2310. The van der Waals surface area contributed by atoms with Crippen molar-refractivity contribution in [3.05, 3.63) is 144 Å². The molecule has 13 nitrogen and oxygen atoms in total. The molecule has 67 heavy (non-hydrogen) atoms. The van der Waals surface area contributed by atoms with Crippen molar-refractivity contribution in [2.45, 2.75) is 124 Å². The van der Waals surface area contributed by atoms with Gasteiger partial charge in [-0.1, -0.05) is 129 Å². The lowest BCUT2D eigenvalue weighted by Crippen LogP contribution is -2.48. The first kappa shape index (κ1) is 51.9. The van der Waals surface area contributed by atoms with Crippen LogP contribution >= 0.6 is 8.15 Å². The average Bonchev–Trinajstić information content (AvgIpc) is 3.76. The molecule has 0 saturated heterocycles. The summed E-state index contributed by atoms with van der Waals surface area (Å²) in [5.41, 5.74) is 2.58. The van der Waals surface area contributed by atoms with Crippen LogP contribution in [-0.2, 0) is 59.0 Å². The number of alkyl carbamates (subject to hydrolysis) is 1. The summed E-state index contributed by atoms with van der Waals surface area (Å²) in [4.78, 5) is 55.8. The van der Waals surface area contributed by atoms with E-state index in [2.05, 4.69) is 15.8 Å². The van der Waals surface area contributed by atoms with E-state index in [0.29, 0.717) is 17.2 Å². The van der Waals surface area contributed by atoms with Crippen LogP contribution in [0.15, 0.2) is 126 Å². The molecule has 0 fully saturated rings. The van der Waals surface area contributed by atoms with Crippen molar-refractivity contribution in [2.24, 2.45) is 11.8 Å². The van der Waals surface area contributed by atoms with Gasteiger partial charge in [0.1, 0.15) is 41.1 Å². The molecular formula is C53H66N3O10P. The van der Waals surface area contributed by atoms with Crippen LogP contribution in [0.3, 0.4) is 0 Å². The number of amides is 2. The van der Waals surface area contributed by atoms with Gasteiger partial charge in [-0.2, -0.15) is 0 Å². The monoisotopic (exact) mass is 935 g/mol. The van der Waals surface area contributed by atoms with Gasteiger partial charge in [0.2, 0.25) is 12.2 Å². The molecule has 4 aromatic carbocycles. The number of hydrogen-bond donors (Lipinski definition) is 2. The van der Waals surface area contributed by atoms with Gasteiger partial charge in [0.25, 0.3) is 0 Å². The van der Waals surface area contributed by atoms with Gasteiger partial charge in [0, 0.05) is 43.0 Å². The molecule has 0 saturated carbocycles. The first-order chi connectivity index (χ1) is 31.8. The Balaban J connectivity index is 1.56. The van der Waals surface area contributed by atoms with Gasteiger partial charge in [-0.05, 0) is 76.8 Å². The number of aromatic nitrogens is 1. The molecule has 0 aliphatic heterocycles. The highest BCUT2D eigenvalue weighted by Crippen LogP contribution is 2.48. The molecule has 3 unspecified atom stereocenters. The zero-order chi connectivity index (χ0) is 48.6. The highest BCUT2D eigenvalue weighted by Gasteiger charge is 2.37. The van der Waals surface area contributed by atoms with Crippen molar-refractivity contribution in [3.8, 4) is 17.0 Å². The molecule has 5 rings (SSSR count). The molecule has 1 heterocycles. The second-order valence-electron chi connectivity index (χ2n) is 18.7. The number of hydrogen-bond acceptors (Lipinski definition) is 11. The smallest absolute Gasteiger partial charge is 0.408 e. The van der Waals surface area contributed by atoms with Crippen molar-refractivity contribution in [1.29, 1.82) is 0 Å². The van der Waals surface area contributed by atoms with Crippen molar-refractivity contribution >= 4 is 32.1 Å².